The number of carbonyl (C=O) groups is 2. The van der Waals surface area contributed by atoms with Crippen molar-refractivity contribution in [1.29, 1.82) is 0 Å². The molecule has 0 unspecified atom stereocenters. The molecule has 1 N–H and O–H groups in total. The molecule has 0 saturated carbocycles. The molecular weight excluding hydrogens is 296 g/mol. The number of hydrogen-bond donors (Lipinski definition) is 1. The van der Waals surface area contributed by atoms with Crippen molar-refractivity contribution in [3.8, 4) is 0 Å². The molecule has 104 valence electrons. The average Bonchev–Trinajstić information content (AvgIpc) is 2.40. The van der Waals surface area contributed by atoms with Gasteiger partial charge in [-0.3, -0.25) is 19.8 Å². The van der Waals surface area contributed by atoms with Crippen molar-refractivity contribution in [1.82, 2.24) is 5.32 Å². The summed E-state index contributed by atoms with van der Waals surface area (Å²) in [4.78, 5) is 25.5. The predicted octanol–water partition coefficient (Wildman–Crippen LogP) is 2.81. The Hall–Kier alpha value is -1.72. The van der Waals surface area contributed by atoms with Gasteiger partial charge in [0.2, 0.25) is 0 Å². The lowest BCUT2D eigenvalue weighted by atomic mass is 10.1. The number of unbranched alkanes of at least 4 members (excludes halogenated alkanes) is 1. The topological polar surface area (TPSA) is 49.4 Å². The van der Waals surface area contributed by atoms with E-state index < -0.39 is 11.8 Å². The Bertz CT molecular complexity index is 596. The van der Waals surface area contributed by atoms with Crippen LogP contribution in [0, 0.1) is 0 Å². The van der Waals surface area contributed by atoms with Gasteiger partial charge in [0, 0.05) is 5.02 Å². The summed E-state index contributed by atoms with van der Waals surface area (Å²) >= 11 is 10.9. The molecule has 0 radical (unpaired) electrons. The lowest BCUT2D eigenvalue weighted by molar-refractivity contribution is -0.122. The van der Waals surface area contributed by atoms with Crippen LogP contribution in [0.4, 0.5) is 5.69 Å². The number of carbonyl (C=O) groups excluding carboxylic acids is 2. The van der Waals surface area contributed by atoms with Crippen LogP contribution in [0.25, 0.3) is 0 Å². The third-order valence-electron chi connectivity index (χ3n) is 2.82. The number of benzene rings is 1. The molecule has 1 aliphatic rings. The standard InChI is InChI=1S/C14H13ClN2O2S/c1-2-3-4-11-12(18)16-14(20)17(13(11)19)10-7-5-9(15)6-8-10/h4-8H,2-3H2,1H3,(H,16,18,20)/b11-4-. The van der Waals surface area contributed by atoms with E-state index in [-0.39, 0.29) is 10.7 Å². The third kappa shape index (κ3) is 2.89. The summed E-state index contributed by atoms with van der Waals surface area (Å²) in [6, 6.07) is 6.69. The molecule has 2 amide bonds. The summed E-state index contributed by atoms with van der Waals surface area (Å²) in [6.45, 7) is 1.98. The molecule has 0 aliphatic carbocycles. The number of allylic oxidation sites excluding steroid dienone is 1. The minimum Gasteiger partial charge on any atom is -0.298 e. The van der Waals surface area contributed by atoms with E-state index >= 15 is 0 Å². The second kappa shape index (κ2) is 6.15. The first kappa shape index (κ1) is 14.7. The van der Waals surface area contributed by atoms with E-state index in [2.05, 4.69) is 5.32 Å². The second-order valence-corrected chi connectivity index (χ2v) is 5.11. The van der Waals surface area contributed by atoms with E-state index in [0.29, 0.717) is 17.1 Å². The van der Waals surface area contributed by atoms with Crippen LogP contribution in [0.5, 0.6) is 0 Å². The molecule has 1 heterocycles. The Balaban J connectivity index is 2.37. The average molecular weight is 309 g/mol. The van der Waals surface area contributed by atoms with E-state index in [1.807, 2.05) is 6.92 Å². The first-order chi connectivity index (χ1) is 9.54. The first-order valence-electron chi connectivity index (χ1n) is 6.20. The van der Waals surface area contributed by atoms with Crippen molar-refractivity contribution in [2.45, 2.75) is 19.8 Å². The fourth-order valence-corrected chi connectivity index (χ4v) is 2.23. The zero-order valence-electron chi connectivity index (χ0n) is 10.9. The van der Waals surface area contributed by atoms with Gasteiger partial charge in [-0.1, -0.05) is 31.0 Å². The van der Waals surface area contributed by atoms with Crippen LogP contribution in [-0.4, -0.2) is 16.9 Å². The summed E-state index contributed by atoms with van der Waals surface area (Å²) in [5.74, 6) is -0.854. The molecule has 0 spiro atoms. The number of amides is 2. The van der Waals surface area contributed by atoms with Crippen molar-refractivity contribution in [2.24, 2.45) is 0 Å². The minimum absolute atomic E-state index is 0.0796. The van der Waals surface area contributed by atoms with E-state index in [1.54, 1.807) is 30.3 Å². The van der Waals surface area contributed by atoms with E-state index in [4.69, 9.17) is 23.8 Å². The molecule has 4 nitrogen and oxygen atoms in total. The van der Waals surface area contributed by atoms with Crippen LogP contribution in [0.1, 0.15) is 19.8 Å². The number of nitrogens with one attached hydrogen (secondary N) is 1. The molecule has 0 bridgehead atoms. The number of halogens is 1. The van der Waals surface area contributed by atoms with Crippen LogP contribution in [0.3, 0.4) is 0 Å². The summed E-state index contributed by atoms with van der Waals surface area (Å²) in [6.07, 6.45) is 3.16. The lowest BCUT2D eigenvalue weighted by Gasteiger charge is -2.28. The SMILES string of the molecule is CCC/C=C1/C(=O)NC(=S)N(c2ccc(Cl)cc2)C1=O. The maximum absolute atomic E-state index is 12.4. The number of rotatable bonds is 3. The van der Waals surface area contributed by atoms with Gasteiger partial charge in [-0.2, -0.15) is 0 Å². The van der Waals surface area contributed by atoms with Crippen LogP contribution >= 0.6 is 23.8 Å². The first-order valence-corrected chi connectivity index (χ1v) is 6.98. The van der Waals surface area contributed by atoms with Gasteiger partial charge in [-0.15, -0.1) is 0 Å². The van der Waals surface area contributed by atoms with E-state index in [0.717, 1.165) is 6.42 Å². The van der Waals surface area contributed by atoms with Crippen molar-refractivity contribution in [3.05, 3.63) is 40.9 Å². The maximum Gasteiger partial charge on any atom is 0.269 e. The minimum atomic E-state index is -0.446. The molecule has 20 heavy (non-hydrogen) atoms. The number of thiocarbonyl (C=S) groups is 1. The lowest BCUT2D eigenvalue weighted by Crippen LogP contribution is -2.54. The highest BCUT2D eigenvalue weighted by Crippen LogP contribution is 2.22. The number of hydrogen-bond acceptors (Lipinski definition) is 3. The van der Waals surface area contributed by atoms with Gasteiger partial charge in [-0.25, -0.2) is 0 Å². The normalized spacial score (nSPS) is 17.6. The van der Waals surface area contributed by atoms with Gasteiger partial charge in [0.1, 0.15) is 5.57 Å². The van der Waals surface area contributed by atoms with Gasteiger partial charge in [-0.05, 0) is 42.9 Å². The van der Waals surface area contributed by atoms with Crippen molar-refractivity contribution < 1.29 is 9.59 Å². The number of anilines is 1. The van der Waals surface area contributed by atoms with Crippen LogP contribution < -0.4 is 10.2 Å². The van der Waals surface area contributed by atoms with E-state index in [1.165, 1.54) is 4.90 Å². The predicted molar refractivity (Wildman–Crippen MR) is 82.7 cm³/mol. The number of nitrogens with zero attached hydrogens (tertiary/aromatic N) is 1. The summed E-state index contributed by atoms with van der Waals surface area (Å²) in [5.41, 5.74) is 0.696. The van der Waals surface area contributed by atoms with Crippen LogP contribution in [0.2, 0.25) is 5.02 Å². The van der Waals surface area contributed by atoms with Gasteiger partial charge in [0.15, 0.2) is 5.11 Å². The van der Waals surface area contributed by atoms with Crippen LogP contribution in [-0.2, 0) is 9.59 Å². The molecule has 1 fully saturated rings. The molecule has 1 aliphatic heterocycles. The molecule has 1 saturated heterocycles. The largest absolute Gasteiger partial charge is 0.298 e. The molecule has 0 aromatic heterocycles. The Morgan fingerprint density at radius 3 is 2.55 bits per heavy atom. The highest BCUT2D eigenvalue weighted by atomic mass is 35.5. The molecule has 6 heteroatoms. The molecule has 1 aromatic rings. The Kier molecular flexibility index (Phi) is 4.52. The van der Waals surface area contributed by atoms with Crippen molar-refractivity contribution >= 4 is 46.4 Å². The summed E-state index contributed by atoms with van der Waals surface area (Å²) in [7, 11) is 0. The van der Waals surface area contributed by atoms with Crippen LogP contribution in [0.15, 0.2) is 35.9 Å². The Labute approximate surface area is 127 Å². The quantitative estimate of drug-likeness (QED) is 0.531. The molecule has 2 rings (SSSR count). The molecular formula is C14H13ClN2O2S. The van der Waals surface area contributed by atoms with Crippen molar-refractivity contribution in [2.75, 3.05) is 4.90 Å². The monoisotopic (exact) mass is 308 g/mol. The van der Waals surface area contributed by atoms with E-state index in [9.17, 15) is 9.59 Å². The third-order valence-corrected chi connectivity index (χ3v) is 3.36. The fourth-order valence-electron chi connectivity index (χ4n) is 1.82. The zero-order chi connectivity index (χ0) is 14.7. The highest BCUT2D eigenvalue weighted by molar-refractivity contribution is 7.80. The van der Waals surface area contributed by atoms with Gasteiger partial charge in [0.25, 0.3) is 11.8 Å². The van der Waals surface area contributed by atoms with Gasteiger partial charge >= 0.3 is 0 Å². The highest BCUT2D eigenvalue weighted by Gasteiger charge is 2.33. The Morgan fingerprint density at radius 2 is 1.95 bits per heavy atom. The molecule has 1 aromatic carbocycles. The fraction of sp³-hybridized carbons (Fsp3) is 0.214. The second-order valence-electron chi connectivity index (χ2n) is 4.28. The summed E-state index contributed by atoms with van der Waals surface area (Å²) < 4.78 is 0. The Morgan fingerprint density at radius 1 is 1.30 bits per heavy atom. The van der Waals surface area contributed by atoms with Gasteiger partial charge < -0.3 is 0 Å². The summed E-state index contributed by atoms with van der Waals surface area (Å²) in [5, 5.41) is 3.17. The van der Waals surface area contributed by atoms with Crippen molar-refractivity contribution in [3.63, 3.8) is 0 Å². The van der Waals surface area contributed by atoms with Gasteiger partial charge in [0.05, 0.1) is 5.69 Å². The smallest absolute Gasteiger partial charge is 0.269 e. The zero-order valence-corrected chi connectivity index (χ0v) is 12.4. The maximum atomic E-state index is 12.4. The molecule has 0 atom stereocenters.